The van der Waals surface area contributed by atoms with Crippen molar-refractivity contribution in [1.82, 2.24) is 5.32 Å². The molecule has 0 spiro atoms. The van der Waals surface area contributed by atoms with Gasteiger partial charge in [-0.25, -0.2) is 0 Å². The molecule has 0 aromatic heterocycles. The van der Waals surface area contributed by atoms with E-state index in [1.165, 1.54) is 17.5 Å². The molecule has 0 radical (unpaired) electrons. The SMILES string of the molecule is CC(C)(C)NC(=O)CCC(=O)c1ccc2c(c1)CCC2. The fraction of sp³-hybridized carbons (Fsp3) is 0.529. The van der Waals surface area contributed by atoms with Crippen LogP contribution in [0, 0.1) is 0 Å². The van der Waals surface area contributed by atoms with Gasteiger partial charge in [-0.05, 0) is 57.2 Å². The summed E-state index contributed by atoms with van der Waals surface area (Å²) in [6, 6.07) is 5.96. The van der Waals surface area contributed by atoms with Gasteiger partial charge in [0.15, 0.2) is 5.78 Å². The lowest BCUT2D eigenvalue weighted by atomic mass is 10.0. The Morgan fingerprint density at radius 2 is 1.80 bits per heavy atom. The maximum Gasteiger partial charge on any atom is 0.220 e. The summed E-state index contributed by atoms with van der Waals surface area (Å²) in [5.74, 6) is -0.00392. The summed E-state index contributed by atoms with van der Waals surface area (Å²) < 4.78 is 0. The second-order valence-electron chi connectivity index (χ2n) is 6.56. The molecule has 0 saturated carbocycles. The first kappa shape index (κ1) is 14.8. The van der Waals surface area contributed by atoms with Crippen molar-refractivity contribution in [1.29, 1.82) is 0 Å². The van der Waals surface area contributed by atoms with Crippen molar-refractivity contribution < 1.29 is 9.59 Å². The van der Waals surface area contributed by atoms with E-state index in [-0.39, 0.29) is 30.1 Å². The van der Waals surface area contributed by atoms with Crippen molar-refractivity contribution in [2.75, 3.05) is 0 Å². The highest BCUT2D eigenvalue weighted by Gasteiger charge is 2.17. The summed E-state index contributed by atoms with van der Waals surface area (Å²) in [4.78, 5) is 23.9. The van der Waals surface area contributed by atoms with Crippen LogP contribution in [0.5, 0.6) is 0 Å². The number of nitrogens with one attached hydrogen (secondary N) is 1. The van der Waals surface area contributed by atoms with Crippen molar-refractivity contribution in [3.8, 4) is 0 Å². The number of amides is 1. The zero-order valence-electron chi connectivity index (χ0n) is 12.6. The molecule has 0 heterocycles. The predicted octanol–water partition coefficient (Wildman–Crippen LogP) is 3.05. The van der Waals surface area contributed by atoms with Crippen molar-refractivity contribution in [2.45, 2.75) is 58.4 Å². The molecule has 0 atom stereocenters. The summed E-state index contributed by atoms with van der Waals surface area (Å²) in [6.45, 7) is 5.81. The molecule has 1 amide bonds. The number of hydrogen-bond acceptors (Lipinski definition) is 2. The molecule has 1 aromatic rings. The minimum absolute atomic E-state index is 0.0590. The van der Waals surface area contributed by atoms with Gasteiger partial charge in [0, 0.05) is 23.9 Å². The van der Waals surface area contributed by atoms with Crippen LogP contribution in [0.1, 0.15) is 61.5 Å². The largest absolute Gasteiger partial charge is 0.351 e. The molecule has 108 valence electrons. The smallest absolute Gasteiger partial charge is 0.220 e. The standard InChI is InChI=1S/C17H23NO2/c1-17(2,3)18-16(20)10-9-15(19)14-8-7-12-5-4-6-13(12)11-14/h7-8,11H,4-6,9-10H2,1-3H3,(H,18,20). The Morgan fingerprint density at radius 3 is 2.50 bits per heavy atom. The number of aryl methyl sites for hydroxylation is 2. The van der Waals surface area contributed by atoms with Gasteiger partial charge in [-0.1, -0.05) is 12.1 Å². The van der Waals surface area contributed by atoms with E-state index in [9.17, 15) is 9.59 Å². The minimum atomic E-state index is -0.242. The van der Waals surface area contributed by atoms with Crippen LogP contribution >= 0.6 is 0 Å². The number of fused-ring (bicyclic) bond motifs is 1. The van der Waals surface area contributed by atoms with Gasteiger partial charge < -0.3 is 5.32 Å². The monoisotopic (exact) mass is 273 g/mol. The van der Waals surface area contributed by atoms with Gasteiger partial charge in [0.05, 0.1) is 0 Å². The molecule has 2 rings (SSSR count). The number of Topliss-reactive ketones (excluding diaryl/α,β-unsaturated/α-hetero) is 1. The van der Waals surface area contributed by atoms with E-state index >= 15 is 0 Å². The number of carbonyl (C=O) groups excluding carboxylic acids is 2. The van der Waals surface area contributed by atoms with Crippen molar-refractivity contribution in [2.24, 2.45) is 0 Å². The van der Waals surface area contributed by atoms with Gasteiger partial charge in [-0.2, -0.15) is 0 Å². The molecule has 1 aliphatic rings. The Bertz CT molecular complexity index is 526. The molecular weight excluding hydrogens is 250 g/mol. The third-order valence-electron chi connectivity index (χ3n) is 3.51. The maximum absolute atomic E-state index is 12.1. The average Bonchev–Trinajstić information content (AvgIpc) is 2.80. The van der Waals surface area contributed by atoms with Crippen molar-refractivity contribution >= 4 is 11.7 Å². The summed E-state index contributed by atoms with van der Waals surface area (Å²) in [5, 5.41) is 2.88. The van der Waals surface area contributed by atoms with Crippen LogP contribution in [0.2, 0.25) is 0 Å². The summed E-state index contributed by atoms with van der Waals surface area (Å²) in [7, 11) is 0. The lowest BCUT2D eigenvalue weighted by Gasteiger charge is -2.20. The molecule has 0 saturated heterocycles. The quantitative estimate of drug-likeness (QED) is 0.857. The second-order valence-corrected chi connectivity index (χ2v) is 6.56. The minimum Gasteiger partial charge on any atom is -0.351 e. The van der Waals surface area contributed by atoms with Crippen LogP contribution in [0.15, 0.2) is 18.2 Å². The molecule has 0 bridgehead atoms. The highest BCUT2D eigenvalue weighted by Crippen LogP contribution is 2.23. The zero-order chi connectivity index (χ0) is 14.8. The lowest BCUT2D eigenvalue weighted by Crippen LogP contribution is -2.40. The number of carbonyl (C=O) groups is 2. The number of rotatable bonds is 4. The normalized spacial score (nSPS) is 13.9. The van der Waals surface area contributed by atoms with Gasteiger partial charge in [-0.3, -0.25) is 9.59 Å². The first-order valence-electron chi connectivity index (χ1n) is 7.31. The first-order chi connectivity index (χ1) is 9.35. The third-order valence-corrected chi connectivity index (χ3v) is 3.51. The van der Waals surface area contributed by atoms with Crippen LogP contribution in [0.4, 0.5) is 0 Å². The zero-order valence-corrected chi connectivity index (χ0v) is 12.6. The molecule has 1 N–H and O–H groups in total. The molecule has 0 aliphatic heterocycles. The van der Waals surface area contributed by atoms with Crippen LogP contribution in [0.3, 0.4) is 0 Å². The van der Waals surface area contributed by atoms with E-state index in [1.54, 1.807) is 0 Å². The average molecular weight is 273 g/mol. The van der Waals surface area contributed by atoms with E-state index in [1.807, 2.05) is 32.9 Å². The number of ketones is 1. The van der Waals surface area contributed by atoms with E-state index in [0.29, 0.717) is 0 Å². The first-order valence-corrected chi connectivity index (χ1v) is 7.31. The Labute approximate surface area is 120 Å². The molecule has 1 aromatic carbocycles. The van der Waals surface area contributed by atoms with Gasteiger partial charge in [0.25, 0.3) is 0 Å². The summed E-state index contributed by atoms with van der Waals surface area (Å²) in [5.41, 5.74) is 3.17. The molecule has 0 unspecified atom stereocenters. The van der Waals surface area contributed by atoms with E-state index < -0.39 is 0 Å². The number of benzene rings is 1. The van der Waals surface area contributed by atoms with Gasteiger partial charge in [0.2, 0.25) is 5.91 Å². The molecule has 1 aliphatic carbocycles. The highest BCUT2D eigenvalue weighted by molar-refractivity contribution is 5.98. The third kappa shape index (κ3) is 3.92. The van der Waals surface area contributed by atoms with Crippen molar-refractivity contribution in [3.63, 3.8) is 0 Å². The fourth-order valence-corrected chi connectivity index (χ4v) is 2.60. The van der Waals surface area contributed by atoms with Crippen LogP contribution in [-0.4, -0.2) is 17.2 Å². The van der Waals surface area contributed by atoms with E-state index in [2.05, 4.69) is 11.4 Å². The fourth-order valence-electron chi connectivity index (χ4n) is 2.60. The second kappa shape index (κ2) is 5.78. The van der Waals surface area contributed by atoms with Gasteiger partial charge >= 0.3 is 0 Å². The topological polar surface area (TPSA) is 46.2 Å². The molecule has 3 heteroatoms. The summed E-state index contributed by atoms with van der Waals surface area (Å²) in [6.07, 6.45) is 3.91. The van der Waals surface area contributed by atoms with Gasteiger partial charge in [0.1, 0.15) is 0 Å². The predicted molar refractivity (Wildman–Crippen MR) is 79.9 cm³/mol. The Hall–Kier alpha value is -1.64. The van der Waals surface area contributed by atoms with Crippen molar-refractivity contribution in [3.05, 3.63) is 34.9 Å². The lowest BCUT2D eigenvalue weighted by molar-refractivity contribution is -0.122. The van der Waals surface area contributed by atoms with E-state index in [4.69, 9.17) is 0 Å². The number of hydrogen-bond donors (Lipinski definition) is 1. The summed E-state index contributed by atoms with van der Waals surface area (Å²) >= 11 is 0. The molecular formula is C17H23NO2. The maximum atomic E-state index is 12.1. The van der Waals surface area contributed by atoms with E-state index in [0.717, 1.165) is 18.4 Å². The van der Waals surface area contributed by atoms with Crippen LogP contribution in [0.25, 0.3) is 0 Å². The highest BCUT2D eigenvalue weighted by atomic mass is 16.2. The Balaban J connectivity index is 1.91. The van der Waals surface area contributed by atoms with Crippen LogP contribution < -0.4 is 5.32 Å². The molecule has 3 nitrogen and oxygen atoms in total. The van der Waals surface area contributed by atoms with Gasteiger partial charge in [-0.15, -0.1) is 0 Å². The van der Waals surface area contributed by atoms with Crippen LogP contribution in [-0.2, 0) is 17.6 Å². The Kier molecular flexibility index (Phi) is 4.26. The molecule has 20 heavy (non-hydrogen) atoms. The molecule has 0 fully saturated rings. The Morgan fingerprint density at radius 1 is 1.10 bits per heavy atom.